The maximum absolute atomic E-state index is 12.8. The van der Waals surface area contributed by atoms with Gasteiger partial charge in [0, 0.05) is 6.08 Å². The summed E-state index contributed by atoms with van der Waals surface area (Å²) >= 11 is 0. The lowest BCUT2D eigenvalue weighted by Gasteiger charge is -1.99. The van der Waals surface area contributed by atoms with Crippen LogP contribution < -0.4 is 4.72 Å². The van der Waals surface area contributed by atoms with Gasteiger partial charge < -0.3 is 0 Å². The predicted molar refractivity (Wildman–Crippen MR) is 87.9 cm³/mol. The first-order valence-electron chi connectivity index (χ1n) is 6.78. The number of hydrogen-bond acceptors (Lipinski definition) is 3. The molecule has 0 unspecified atom stereocenters. The van der Waals surface area contributed by atoms with E-state index in [0.29, 0.717) is 11.1 Å². The first kappa shape index (κ1) is 17.6. The quantitative estimate of drug-likeness (QED) is 0.844. The lowest BCUT2D eigenvalue weighted by Crippen LogP contribution is -2.26. The van der Waals surface area contributed by atoms with Gasteiger partial charge in [-0.2, -0.15) is 0 Å². The SMILES string of the molecule is O=C(C=Cc1ccc(F)cc1)NS(=O)(=O)C=Cc1ccc(F)cc1. The summed E-state index contributed by atoms with van der Waals surface area (Å²) in [5, 5.41) is 0.809. The van der Waals surface area contributed by atoms with Crippen LogP contribution in [-0.2, 0) is 14.8 Å². The number of carbonyl (C=O) groups excluding carboxylic acids is 1. The van der Waals surface area contributed by atoms with Crippen molar-refractivity contribution in [1.82, 2.24) is 4.72 Å². The van der Waals surface area contributed by atoms with Gasteiger partial charge in [-0.15, -0.1) is 0 Å². The lowest BCUT2D eigenvalue weighted by atomic mass is 10.2. The van der Waals surface area contributed by atoms with Crippen molar-refractivity contribution < 1.29 is 22.0 Å². The zero-order valence-electron chi connectivity index (χ0n) is 12.3. The molecule has 1 amide bonds. The fraction of sp³-hybridized carbons (Fsp3) is 0. The zero-order valence-corrected chi connectivity index (χ0v) is 13.1. The molecule has 0 fully saturated rings. The number of carbonyl (C=O) groups is 1. The van der Waals surface area contributed by atoms with Crippen LogP contribution in [0.4, 0.5) is 8.78 Å². The van der Waals surface area contributed by atoms with Gasteiger partial charge in [-0.1, -0.05) is 24.3 Å². The molecule has 0 aromatic heterocycles. The van der Waals surface area contributed by atoms with Crippen LogP contribution >= 0.6 is 0 Å². The van der Waals surface area contributed by atoms with Gasteiger partial charge in [0.2, 0.25) is 0 Å². The molecule has 24 heavy (non-hydrogen) atoms. The molecule has 0 atom stereocenters. The van der Waals surface area contributed by atoms with Crippen LogP contribution in [0.1, 0.15) is 11.1 Å². The molecule has 0 aliphatic carbocycles. The fourth-order valence-corrected chi connectivity index (χ4v) is 2.45. The normalized spacial score (nSPS) is 11.9. The zero-order chi connectivity index (χ0) is 17.6. The average molecular weight is 349 g/mol. The van der Waals surface area contributed by atoms with E-state index in [1.165, 1.54) is 60.7 Å². The topological polar surface area (TPSA) is 63.2 Å². The van der Waals surface area contributed by atoms with Gasteiger partial charge in [-0.25, -0.2) is 21.9 Å². The summed E-state index contributed by atoms with van der Waals surface area (Å²) < 4.78 is 50.8. The van der Waals surface area contributed by atoms with E-state index in [1.807, 2.05) is 4.72 Å². The van der Waals surface area contributed by atoms with E-state index in [0.717, 1.165) is 11.5 Å². The average Bonchev–Trinajstić information content (AvgIpc) is 2.53. The summed E-state index contributed by atoms with van der Waals surface area (Å²) in [4.78, 5) is 11.6. The number of hydrogen-bond donors (Lipinski definition) is 1. The highest BCUT2D eigenvalue weighted by molar-refractivity contribution is 7.93. The first-order valence-corrected chi connectivity index (χ1v) is 8.33. The third-order valence-electron chi connectivity index (χ3n) is 2.85. The van der Waals surface area contributed by atoms with Gasteiger partial charge in [-0.3, -0.25) is 4.79 Å². The highest BCUT2D eigenvalue weighted by Gasteiger charge is 2.08. The minimum Gasteiger partial charge on any atom is -0.269 e. The summed E-state index contributed by atoms with van der Waals surface area (Å²) in [6.45, 7) is 0. The van der Waals surface area contributed by atoms with E-state index in [1.54, 1.807) is 0 Å². The van der Waals surface area contributed by atoms with Crippen molar-refractivity contribution in [3.63, 3.8) is 0 Å². The number of halogens is 2. The second-order valence-corrected chi connectivity index (χ2v) is 6.32. The second-order valence-electron chi connectivity index (χ2n) is 4.75. The Morgan fingerprint density at radius 3 is 1.79 bits per heavy atom. The van der Waals surface area contributed by atoms with Gasteiger partial charge in [0.25, 0.3) is 15.9 Å². The third-order valence-corrected chi connectivity index (χ3v) is 3.83. The predicted octanol–water partition coefficient (Wildman–Crippen LogP) is 3.09. The van der Waals surface area contributed by atoms with E-state index < -0.39 is 27.6 Å². The maximum Gasteiger partial charge on any atom is 0.257 e. The van der Waals surface area contributed by atoms with Crippen LogP contribution in [0.25, 0.3) is 12.2 Å². The molecule has 2 rings (SSSR count). The largest absolute Gasteiger partial charge is 0.269 e. The molecule has 0 saturated heterocycles. The van der Waals surface area contributed by atoms with Crippen molar-refractivity contribution in [2.75, 3.05) is 0 Å². The number of rotatable bonds is 5. The Morgan fingerprint density at radius 2 is 1.29 bits per heavy atom. The highest BCUT2D eigenvalue weighted by Crippen LogP contribution is 2.06. The number of benzene rings is 2. The Kier molecular flexibility index (Phi) is 5.59. The standard InChI is InChI=1S/C17H13F2NO3S/c18-15-6-1-13(2-7-15)5-10-17(21)20-24(22,23)12-11-14-3-8-16(19)9-4-14/h1-12H,(H,20,21). The summed E-state index contributed by atoms with van der Waals surface area (Å²) in [6.07, 6.45) is 3.61. The van der Waals surface area contributed by atoms with Crippen LogP contribution in [0.2, 0.25) is 0 Å². The minimum absolute atomic E-state index is 0.412. The van der Waals surface area contributed by atoms with Crippen LogP contribution in [0.15, 0.2) is 60.0 Å². The molecule has 1 N–H and O–H groups in total. The van der Waals surface area contributed by atoms with Gasteiger partial charge in [-0.05, 0) is 47.5 Å². The summed E-state index contributed by atoms with van der Waals surface area (Å²) in [6, 6.07) is 10.5. The minimum atomic E-state index is -3.99. The Balaban J connectivity index is 1.98. The molecule has 0 saturated carbocycles. The van der Waals surface area contributed by atoms with E-state index in [2.05, 4.69) is 0 Å². The monoisotopic (exact) mass is 349 g/mol. The molecule has 0 bridgehead atoms. The Hall–Kier alpha value is -2.80. The molecule has 7 heteroatoms. The molecular formula is C17H13F2NO3S. The van der Waals surface area contributed by atoms with Crippen LogP contribution in [0.3, 0.4) is 0 Å². The van der Waals surface area contributed by atoms with Crippen LogP contribution in [-0.4, -0.2) is 14.3 Å². The molecule has 0 aliphatic heterocycles. The summed E-state index contributed by atoms with van der Waals surface area (Å²) in [7, 11) is -3.99. The summed E-state index contributed by atoms with van der Waals surface area (Å²) in [5.41, 5.74) is 1.02. The van der Waals surface area contributed by atoms with Crippen LogP contribution in [0, 0.1) is 11.6 Å². The molecular weight excluding hydrogens is 336 g/mol. The Labute approximate surface area is 138 Å². The van der Waals surface area contributed by atoms with Gasteiger partial charge in [0.05, 0.1) is 5.41 Å². The summed E-state index contributed by atoms with van der Waals surface area (Å²) in [5.74, 6) is -1.69. The van der Waals surface area contributed by atoms with E-state index in [4.69, 9.17) is 0 Å². The van der Waals surface area contributed by atoms with E-state index in [-0.39, 0.29) is 0 Å². The molecule has 0 aliphatic rings. The van der Waals surface area contributed by atoms with Gasteiger partial charge in [0.15, 0.2) is 0 Å². The van der Waals surface area contributed by atoms with E-state index >= 15 is 0 Å². The van der Waals surface area contributed by atoms with Crippen molar-refractivity contribution in [2.24, 2.45) is 0 Å². The molecule has 2 aromatic rings. The van der Waals surface area contributed by atoms with Crippen LogP contribution in [0.5, 0.6) is 0 Å². The maximum atomic E-state index is 12.8. The Bertz CT molecular complexity index is 871. The van der Waals surface area contributed by atoms with Crippen molar-refractivity contribution >= 4 is 28.1 Å². The van der Waals surface area contributed by atoms with Crippen molar-refractivity contribution in [1.29, 1.82) is 0 Å². The fourth-order valence-electron chi connectivity index (χ4n) is 1.70. The molecule has 4 nitrogen and oxygen atoms in total. The van der Waals surface area contributed by atoms with Gasteiger partial charge >= 0.3 is 0 Å². The smallest absolute Gasteiger partial charge is 0.257 e. The first-order chi connectivity index (χ1) is 11.3. The second kappa shape index (κ2) is 7.65. The molecule has 0 heterocycles. The molecule has 124 valence electrons. The number of sulfonamides is 1. The molecule has 0 radical (unpaired) electrons. The lowest BCUT2D eigenvalue weighted by molar-refractivity contribution is -0.114. The number of nitrogens with one attached hydrogen (secondary N) is 1. The molecule has 2 aromatic carbocycles. The molecule has 0 spiro atoms. The Morgan fingerprint density at radius 1 is 0.833 bits per heavy atom. The van der Waals surface area contributed by atoms with Crippen molar-refractivity contribution in [2.45, 2.75) is 0 Å². The van der Waals surface area contributed by atoms with Crippen molar-refractivity contribution in [3.05, 3.63) is 82.8 Å². The highest BCUT2D eigenvalue weighted by atomic mass is 32.2. The van der Waals surface area contributed by atoms with E-state index in [9.17, 15) is 22.0 Å². The third kappa shape index (κ3) is 5.77. The van der Waals surface area contributed by atoms with Gasteiger partial charge in [0.1, 0.15) is 11.6 Å². The number of amides is 1. The van der Waals surface area contributed by atoms with Crippen molar-refractivity contribution in [3.8, 4) is 0 Å².